The Labute approximate surface area is 131 Å². The zero-order valence-corrected chi connectivity index (χ0v) is 12.8. The normalized spacial score (nSPS) is 10.8. The molecule has 0 saturated carbocycles. The van der Waals surface area contributed by atoms with Crippen LogP contribution in [0, 0.1) is 6.92 Å². The number of oxazole rings is 1. The zero-order chi connectivity index (χ0) is 15.0. The van der Waals surface area contributed by atoms with Gasteiger partial charge in [0.25, 0.3) is 0 Å². The van der Waals surface area contributed by atoms with E-state index in [1.54, 1.807) is 18.2 Å². The zero-order valence-electron chi connectivity index (χ0n) is 11.2. The Morgan fingerprint density at radius 3 is 2.86 bits per heavy atom. The Bertz CT molecular complexity index is 844. The second-order valence-electron chi connectivity index (χ2n) is 4.65. The van der Waals surface area contributed by atoms with Crippen LogP contribution in [0.4, 0.5) is 5.69 Å². The quantitative estimate of drug-likeness (QED) is 0.696. The summed E-state index contributed by atoms with van der Waals surface area (Å²) >= 11 is 10.8. The van der Waals surface area contributed by atoms with E-state index in [1.807, 2.05) is 25.1 Å². The number of hydrogen-bond acceptors (Lipinski definition) is 3. The van der Waals surface area contributed by atoms with Crippen molar-refractivity contribution in [3.8, 4) is 11.5 Å². The molecule has 0 aliphatic carbocycles. The fraction of sp³-hybridized carbons (Fsp3) is 0.0667. The van der Waals surface area contributed by atoms with E-state index in [4.69, 9.17) is 34.0 Å². The lowest BCUT2D eigenvalue weighted by molar-refractivity contribution is 0.620. The number of rotatable bonds is 2. The molecule has 21 heavy (non-hydrogen) atoms. The second kappa shape index (κ2) is 5.35. The van der Waals surface area contributed by atoms with Crippen molar-refractivity contribution in [1.82, 2.24) is 4.98 Å². The van der Waals surface area contributed by atoms with E-state index in [0.717, 1.165) is 22.3 Å². The van der Waals surface area contributed by atoms with Crippen molar-refractivity contribution in [2.24, 2.45) is 5.73 Å². The fourth-order valence-electron chi connectivity index (χ4n) is 2.05. The second-order valence-corrected chi connectivity index (χ2v) is 5.53. The third kappa shape index (κ3) is 2.84. The van der Waals surface area contributed by atoms with Crippen molar-refractivity contribution in [2.75, 3.05) is 5.32 Å². The lowest BCUT2D eigenvalue weighted by atomic mass is 10.1. The average molecular weight is 318 g/mol. The van der Waals surface area contributed by atoms with Gasteiger partial charge in [0.1, 0.15) is 5.52 Å². The number of nitrogens with two attached hydrogens (primary N) is 1. The third-order valence-corrected chi connectivity index (χ3v) is 3.43. The van der Waals surface area contributed by atoms with Crippen LogP contribution < -0.4 is 11.1 Å². The Hall–Kier alpha value is -2.11. The van der Waals surface area contributed by atoms with E-state index in [1.165, 1.54) is 0 Å². The molecule has 3 N–H and O–H groups in total. The lowest BCUT2D eigenvalue weighted by Crippen LogP contribution is -2.19. The SMILES string of the molecule is Cc1ccc(-c2nc3cc(Cl)ccc3o2)cc1NC(N)=S. The number of nitrogens with zero attached hydrogens (tertiary/aromatic N) is 1. The maximum absolute atomic E-state index is 5.96. The largest absolute Gasteiger partial charge is 0.436 e. The van der Waals surface area contributed by atoms with Gasteiger partial charge in [-0.05, 0) is 55.0 Å². The van der Waals surface area contributed by atoms with Crippen LogP contribution in [0.15, 0.2) is 40.8 Å². The molecule has 0 aliphatic rings. The number of nitrogens with one attached hydrogen (secondary N) is 1. The first-order chi connectivity index (χ1) is 10.0. The highest BCUT2D eigenvalue weighted by atomic mass is 35.5. The molecule has 0 saturated heterocycles. The predicted octanol–water partition coefficient (Wildman–Crippen LogP) is 4.11. The van der Waals surface area contributed by atoms with Crippen molar-refractivity contribution < 1.29 is 4.42 Å². The van der Waals surface area contributed by atoms with Crippen LogP contribution in [-0.2, 0) is 0 Å². The number of benzene rings is 2. The van der Waals surface area contributed by atoms with Gasteiger partial charge < -0.3 is 15.5 Å². The summed E-state index contributed by atoms with van der Waals surface area (Å²) in [6, 6.07) is 11.1. The van der Waals surface area contributed by atoms with E-state index in [-0.39, 0.29) is 5.11 Å². The van der Waals surface area contributed by atoms with E-state index in [9.17, 15) is 0 Å². The Morgan fingerprint density at radius 2 is 2.10 bits per heavy atom. The van der Waals surface area contributed by atoms with E-state index < -0.39 is 0 Å². The van der Waals surface area contributed by atoms with Gasteiger partial charge in [0.05, 0.1) is 0 Å². The standard InChI is InChI=1S/C15H12ClN3OS/c1-8-2-3-9(6-11(8)19-15(17)21)14-18-12-7-10(16)4-5-13(12)20-14/h2-7H,1H3,(H3,17,19,21). The number of aryl methyl sites for hydroxylation is 1. The van der Waals surface area contributed by atoms with Gasteiger partial charge in [0.15, 0.2) is 10.7 Å². The lowest BCUT2D eigenvalue weighted by Gasteiger charge is -2.08. The highest BCUT2D eigenvalue weighted by molar-refractivity contribution is 7.80. The molecule has 1 heterocycles. The summed E-state index contributed by atoms with van der Waals surface area (Å²) in [6.07, 6.45) is 0. The summed E-state index contributed by atoms with van der Waals surface area (Å²) in [5, 5.41) is 3.79. The highest BCUT2D eigenvalue weighted by Crippen LogP contribution is 2.29. The molecule has 0 fully saturated rings. The summed E-state index contributed by atoms with van der Waals surface area (Å²) in [5.41, 5.74) is 9.65. The van der Waals surface area contributed by atoms with Crippen LogP contribution in [0.3, 0.4) is 0 Å². The predicted molar refractivity (Wildman–Crippen MR) is 89.6 cm³/mol. The molecule has 0 bridgehead atoms. The molecule has 1 aromatic heterocycles. The Morgan fingerprint density at radius 1 is 1.29 bits per heavy atom. The van der Waals surface area contributed by atoms with Gasteiger partial charge in [-0.2, -0.15) is 0 Å². The molecule has 106 valence electrons. The monoisotopic (exact) mass is 317 g/mol. The first kappa shape index (κ1) is 13.9. The summed E-state index contributed by atoms with van der Waals surface area (Å²) in [4.78, 5) is 4.45. The van der Waals surface area contributed by atoms with Gasteiger partial charge in [-0.1, -0.05) is 17.7 Å². The van der Waals surface area contributed by atoms with Crippen LogP contribution in [0.1, 0.15) is 5.56 Å². The molecular weight excluding hydrogens is 306 g/mol. The van der Waals surface area contributed by atoms with Crippen LogP contribution in [0.2, 0.25) is 5.02 Å². The highest BCUT2D eigenvalue weighted by Gasteiger charge is 2.10. The van der Waals surface area contributed by atoms with Crippen LogP contribution >= 0.6 is 23.8 Å². The smallest absolute Gasteiger partial charge is 0.227 e. The minimum atomic E-state index is 0.222. The maximum Gasteiger partial charge on any atom is 0.227 e. The van der Waals surface area contributed by atoms with E-state index in [2.05, 4.69) is 10.3 Å². The molecule has 0 spiro atoms. The summed E-state index contributed by atoms with van der Waals surface area (Å²) in [6.45, 7) is 1.97. The van der Waals surface area contributed by atoms with Crippen molar-refractivity contribution in [3.05, 3.63) is 47.0 Å². The maximum atomic E-state index is 5.96. The minimum Gasteiger partial charge on any atom is -0.436 e. The molecular formula is C15H12ClN3OS. The number of fused-ring (bicyclic) bond motifs is 1. The summed E-state index contributed by atoms with van der Waals surface area (Å²) in [5.74, 6) is 0.526. The van der Waals surface area contributed by atoms with Crippen molar-refractivity contribution >= 4 is 45.7 Å². The van der Waals surface area contributed by atoms with Gasteiger partial charge in [-0.3, -0.25) is 0 Å². The first-order valence-electron chi connectivity index (χ1n) is 6.26. The Kier molecular flexibility index (Phi) is 3.53. The van der Waals surface area contributed by atoms with Crippen molar-refractivity contribution in [1.29, 1.82) is 0 Å². The number of anilines is 1. The van der Waals surface area contributed by atoms with E-state index in [0.29, 0.717) is 16.5 Å². The van der Waals surface area contributed by atoms with E-state index >= 15 is 0 Å². The number of aromatic nitrogens is 1. The van der Waals surface area contributed by atoms with Crippen molar-refractivity contribution in [2.45, 2.75) is 6.92 Å². The molecule has 4 nitrogen and oxygen atoms in total. The van der Waals surface area contributed by atoms with Gasteiger partial charge in [-0.15, -0.1) is 0 Å². The average Bonchev–Trinajstić information content (AvgIpc) is 2.83. The number of thiocarbonyl (C=S) groups is 1. The molecule has 0 amide bonds. The molecule has 0 atom stereocenters. The molecule has 3 rings (SSSR count). The van der Waals surface area contributed by atoms with Gasteiger partial charge in [-0.25, -0.2) is 4.98 Å². The van der Waals surface area contributed by atoms with Crippen LogP contribution in [-0.4, -0.2) is 10.1 Å². The first-order valence-corrected chi connectivity index (χ1v) is 7.05. The number of halogens is 1. The third-order valence-electron chi connectivity index (χ3n) is 3.09. The van der Waals surface area contributed by atoms with Gasteiger partial charge in [0, 0.05) is 16.3 Å². The van der Waals surface area contributed by atoms with Crippen LogP contribution in [0.5, 0.6) is 0 Å². The fourth-order valence-corrected chi connectivity index (χ4v) is 2.32. The van der Waals surface area contributed by atoms with Gasteiger partial charge >= 0.3 is 0 Å². The molecule has 2 aromatic carbocycles. The van der Waals surface area contributed by atoms with Crippen LogP contribution in [0.25, 0.3) is 22.6 Å². The summed E-state index contributed by atoms with van der Waals surface area (Å²) < 4.78 is 5.75. The molecule has 0 radical (unpaired) electrons. The van der Waals surface area contributed by atoms with Gasteiger partial charge in [0.2, 0.25) is 5.89 Å². The minimum absolute atomic E-state index is 0.222. The number of hydrogen-bond donors (Lipinski definition) is 2. The molecule has 0 aliphatic heterocycles. The topological polar surface area (TPSA) is 64.1 Å². The Balaban J connectivity index is 2.07. The molecule has 6 heteroatoms. The molecule has 0 unspecified atom stereocenters. The molecule has 3 aromatic rings. The summed E-state index contributed by atoms with van der Waals surface area (Å²) in [7, 11) is 0. The van der Waals surface area contributed by atoms with Crippen molar-refractivity contribution in [3.63, 3.8) is 0 Å².